The quantitative estimate of drug-likeness (QED) is 0.387. The van der Waals surface area contributed by atoms with Crippen LogP contribution in [0.5, 0.6) is 11.5 Å². The summed E-state index contributed by atoms with van der Waals surface area (Å²) in [6.45, 7) is 12.8. The number of primary amides is 1. The first-order chi connectivity index (χ1) is 17.4. The van der Waals surface area contributed by atoms with Crippen LogP contribution in [-0.4, -0.2) is 17.0 Å². The Labute approximate surface area is 217 Å². The van der Waals surface area contributed by atoms with Gasteiger partial charge in [-0.3, -0.25) is 9.79 Å². The van der Waals surface area contributed by atoms with E-state index in [4.69, 9.17) is 15.5 Å². The van der Waals surface area contributed by atoms with Crippen LogP contribution in [0.25, 0.3) is 16.7 Å². The van der Waals surface area contributed by atoms with Gasteiger partial charge in [0, 0.05) is 50.9 Å². The lowest BCUT2D eigenvalue weighted by Gasteiger charge is -2.33. The van der Waals surface area contributed by atoms with Crippen LogP contribution >= 0.6 is 0 Å². The molecule has 5 heteroatoms. The zero-order chi connectivity index (χ0) is 26.3. The molecule has 3 heterocycles. The number of carbonyl (C=O) groups is 1. The summed E-state index contributed by atoms with van der Waals surface area (Å²) >= 11 is 0. The molecule has 0 aliphatic carbocycles. The number of nitrogens with one attached hydrogen (secondary N) is 1. The molecule has 3 aliphatic heterocycles. The lowest BCUT2D eigenvalue weighted by molar-refractivity contribution is 0.100. The highest BCUT2D eigenvalue weighted by Crippen LogP contribution is 2.44. The molecule has 37 heavy (non-hydrogen) atoms. The number of ether oxygens (including phenoxy) is 1. The Morgan fingerprint density at radius 1 is 0.865 bits per heavy atom. The lowest BCUT2D eigenvalue weighted by atomic mass is 9.85. The number of nitrogens with zero attached hydrogens (tertiary/aromatic N) is 1. The molecule has 0 aromatic heterocycles. The zero-order valence-electron chi connectivity index (χ0n) is 22.1. The molecule has 3 aliphatic rings. The van der Waals surface area contributed by atoms with Crippen LogP contribution in [-0.2, 0) is 0 Å². The molecular weight excluding hydrogens is 458 g/mol. The monoisotopic (exact) mass is 489 g/mol. The van der Waals surface area contributed by atoms with Crippen molar-refractivity contribution in [3.8, 4) is 11.5 Å². The number of rotatable bonds is 2. The SMILES string of the molecule is CC1=CC(C)(C)Nc2cc3c(cc21)C(c1ccc(C(N)=O)cc1)=c1cc2c(cc1O3)=NC(C)(C)C=C2C. The van der Waals surface area contributed by atoms with Crippen LogP contribution in [0.3, 0.4) is 0 Å². The molecule has 0 spiro atoms. The van der Waals surface area contributed by atoms with Crippen molar-refractivity contribution in [1.82, 2.24) is 0 Å². The van der Waals surface area contributed by atoms with E-state index in [1.807, 2.05) is 12.1 Å². The van der Waals surface area contributed by atoms with Crippen LogP contribution in [0.15, 0.2) is 65.7 Å². The first-order valence-corrected chi connectivity index (χ1v) is 12.6. The fraction of sp³-hybridized carbons (Fsp3) is 0.250. The zero-order valence-corrected chi connectivity index (χ0v) is 22.1. The number of nitrogens with two attached hydrogens (primary N) is 1. The molecule has 1 amide bonds. The maximum atomic E-state index is 11.7. The number of fused-ring (bicyclic) bond motifs is 4. The van der Waals surface area contributed by atoms with Crippen LogP contribution in [0, 0.1) is 0 Å². The van der Waals surface area contributed by atoms with Gasteiger partial charge in [-0.05, 0) is 82.5 Å². The molecule has 0 atom stereocenters. The van der Waals surface area contributed by atoms with Gasteiger partial charge in [-0.1, -0.05) is 24.3 Å². The van der Waals surface area contributed by atoms with Gasteiger partial charge >= 0.3 is 0 Å². The van der Waals surface area contributed by atoms with Gasteiger partial charge in [0.25, 0.3) is 0 Å². The summed E-state index contributed by atoms with van der Waals surface area (Å²) in [6.07, 6.45) is 4.47. The van der Waals surface area contributed by atoms with Crippen molar-refractivity contribution >= 4 is 28.3 Å². The Hall–Kier alpha value is -4.12. The molecule has 0 saturated carbocycles. The molecule has 5 nitrogen and oxygen atoms in total. The molecule has 6 rings (SSSR count). The maximum Gasteiger partial charge on any atom is 0.248 e. The molecule has 0 bridgehead atoms. The van der Waals surface area contributed by atoms with E-state index >= 15 is 0 Å². The normalized spacial score (nSPS) is 17.9. The van der Waals surface area contributed by atoms with Crippen molar-refractivity contribution in [1.29, 1.82) is 0 Å². The number of anilines is 1. The van der Waals surface area contributed by atoms with Crippen molar-refractivity contribution in [2.75, 3.05) is 5.32 Å². The van der Waals surface area contributed by atoms with Crippen LogP contribution < -0.4 is 26.4 Å². The van der Waals surface area contributed by atoms with Gasteiger partial charge < -0.3 is 15.8 Å². The summed E-state index contributed by atoms with van der Waals surface area (Å²) in [6, 6.07) is 16.1. The third kappa shape index (κ3) is 3.86. The van der Waals surface area contributed by atoms with E-state index in [0.717, 1.165) is 55.6 Å². The summed E-state index contributed by atoms with van der Waals surface area (Å²) in [4.78, 5) is 16.7. The second kappa shape index (κ2) is 7.69. The van der Waals surface area contributed by atoms with Crippen molar-refractivity contribution in [2.24, 2.45) is 10.7 Å². The second-order valence-corrected chi connectivity index (χ2v) is 11.4. The van der Waals surface area contributed by atoms with Crippen LogP contribution in [0.1, 0.15) is 74.2 Å². The van der Waals surface area contributed by atoms with E-state index < -0.39 is 5.91 Å². The Balaban J connectivity index is 1.68. The van der Waals surface area contributed by atoms with Crippen molar-refractivity contribution < 1.29 is 9.53 Å². The Kier molecular flexibility index (Phi) is 4.84. The van der Waals surface area contributed by atoms with Gasteiger partial charge in [0.1, 0.15) is 11.5 Å². The van der Waals surface area contributed by atoms with E-state index in [0.29, 0.717) is 5.56 Å². The molecule has 0 unspecified atom stereocenters. The predicted octanol–water partition coefficient (Wildman–Crippen LogP) is 5.56. The van der Waals surface area contributed by atoms with Gasteiger partial charge in [-0.2, -0.15) is 0 Å². The fourth-order valence-electron chi connectivity index (χ4n) is 5.87. The number of benzene rings is 3. The summed E-state index contributed by atoms with van der Waals surface area (Å²) in [5.41, 5.74) is 14.4. The molecule has 0 saturated heterocycles. The summed E-state index contributed by atoms with van der Waals surface area (Å²) in [5.74, 6) is 1.13. The second-order valence-electron chi connectivity index (χ2n) is 11.4. The molecule has 3 aromatic rings. The number of hydrogen-bond donors (Lipinski definition) is 2. The Morgan fingerprint density at radius 3 is 2.27 bits per heavy atom. The molecule has 0 radical (unpaired) electrons. The summed E-state index contributed by atoms with van der Waals surface area (Å²) < 4.78 is 6.60. The maximum absolute atomic E-state index is 11.7. The fourth-order valence-corrected chi connectivity index (χ4v) is 5.87. The first kappa shape index (κ1) is 23.3. The predicted molar refractivity (Wildman–Crippen MR) is 149 cm³/mol. The highest BCUT2D eigenvalue weighted by Gasteiger charge is 2.29. The largest absolute Gasteiger partial charge is 0.456 e. The topological polar surface area (TPSA) is 76.7 Å². The molecule has 0 fully saturated rings. The van der Waals surface area contributed by atoms with E-state index in [9.17, 15) is 4.79 Å². The average Bonchev–Trinajstić information content (AvgIpc) is 2.79. The third-order valence-electron chi connectivity index (χ3n) is 7.30. The van der Waals surface area contributed by atoms with E-state index in [1.165, 1.54) is 11.1 Å². The van der Waals surface area contributed by atoms with Gasteiger partial charge in [-0.25, -0.2) is 0 Å². The standard InChI is InChI=1S/C32H31N3O2/c1-17-15-31(3,4)34-25-13-27-23(11-21(17)25)29(19-7-9-20(10-8-19)30(33)36)24-12-22-18(2)16-32(5,6)35-26(22)14-28(24)37-27/h7-16,34H,1-6H3,(H2,33,36). The number of allylic oxidation sites excluding steroid dienone is 2. The van der Waals surface area contributed by atoms with Gasteiger partial charge in [-0.15, -0.1) is 0 Å². The van der Waals surface area contributed by atoms with Gasteiger partial charge in [0.15, 0.2) is 0 Å². The average molecular weight is 490 g/mol. The van der Waals surface area contributed by atoms with Gasteiger partial charge in [0.05, 0.1) is 16.4 Å². The van der Waals surface area contributed by atoms with E-state index in [2.05, 4.69) is 83.3 Å². The summed E-state index contributed by atoms with van der Waals surface area (Å²) in [7, 11) is 0. The minimum atomic E-state index is -0.438. The van der Waals surface area contributed by atoms with Crippen LogP contribution in [0.4, 0.5) is 5.69 Å². The molecular formula is C32H31N3O2. The number of carbonyl (C=O) groups excluding carboxylic acids is 1. The third-order valence-corrected chi connectivity index (χ3v) is 7.30. The highest BCUT2D eigenvalue weighted by atomic mass is 16.5. The first-order valence-electron chi connectivity index (χ1n) is 12.6. The minimum Gasteiger partial charge on any atom is -0.456 e. The smallest absolute Gasteiger partial charge is 0.248 e. The van der Waals surface area contributed by atoms with Crippen molar-refractivity contribution in [3.63, 3.8) is 0 Å². The van der Waals surface area contributed by atoms with Crippen molar-refractivity contribution in [2.45, 2.75) is 52.6 Å². The number of amides is 1. The highest BCUT2D eigenvalue weighted by molar-refractivity contribution is 5.95. The number of hydrogen-bond acceptors (Lipinski definition) is 4. The minimum absolute atomic E-state index is 0.150. The summed E-state index contributed by atoms with van der Waals surface area (Å²) in [5, 5.41) is 5.58. The van der Waals surface area contributed by atoms with Gasteiger partial charge in [0.2, 0.25) is 5.91 Å². The molecule has 3 N–H and O–H groups in total. The Morgan fingerprint density at radius 2 is 1.57 bits per heavy atom. The lowest BCUT2D eigenvalue weighted by Crippen LogP contribution is -2.32. The molecule has 3 aromatic carbocycles. The van der Waals surface area contributed by atoms with E-state index in [-0.39, 0.29) is 11.1 Å². The van der Waals surface area contributed by atoms with Crippen molar-refractivity contribution in [3.05, 3.63) is 99.1 Å². The van der Waals surface area contributed by atoms with Crippen LogP contribution in [0.2, 0.25) is 0 Å². The molecule has 186 valence electrons. The Bertz CT molecular complexity index is 1700. The van der Waals surface area contributed by atoms with E-state index in [1.54, 1.807) is 12.1 Å².